The number of allylic oxidation sites excluding steroid dienone is 2. The molecule has 120 valence electrons. The van der Waals surface area contributed by atoms with Crippen LogP contribution in [0.5, 0.6) is 0 Å². The van der Waals surface area contributed by atoms with Gasteiger partial charge in [-0.3, -0.25) is 0 Å². The van der Waals surface area contributed by atoms with Gasteiger partial charge in [-0.25, -0.2) is 0 Å². The summed E-state index contributed by atoms with van der Waals surface area (Å²) in [6, 6.07) is 0. The smallest absolute Gasteiger partial charge is 0.0431 e. The highest BCUT2D eigenvalue weighted by molar-refractivity contribution is 4.81. The summed E-state index contributed by atoms with van der Waals surface area (Å²) in [7, 11) is 0. The minimum absolute atomic E-state index is 0.364. The van der Waals surface area contributed by atoms with Crippen LogP contribution in [0.25, 0.3) is 0 Å². The average Bonchev–Trinajstić information content (AvgIpc) is 2.47. The zero-order valence-electron chi connectivity index (χ0n) is 13.9. The lowest BCUT2D eigenvalue weighted by Gasteiger charge is -2.00. The molecule has 0 amide bonds. The number of aliphatic hydroxyl groups excluding tert-OH is 1. The first kappa shape index (κ1) is 19.7. The van der Waals surface area contributed by atoms with Crippen molar-refractivity contribution in [1.82, 2.24) is 0 Å². The van der Waals surface area contributed by atoms with E-state index in [9.17, 15) is 0 Å². The predicted molar refractivity (Wildman–Crippen MR) is 91.2 cm³/mol. The van der Waals surface area contributed by atoms with Crippen molar-refractivity contribution >= 4 is 0 Å². The third kappa shape index (κ3) is 17.7. The molecule has 1 N–H and O–H groups in total. The highest BCUT2D eigenvalue weighted by Gasteiger charge is 1.91. The van der Waals surface area contributed by atoms with Crippen molar-refractivity contribution in [2.45, 2.75) is 103 Å². The maximum atomic E-state index is 8.67. The van der Waals surface area contributed by atoms with Crippen LogP contribution >= 0.6 is 0 Å². The van der Waals surface area contributed by atoms with Crippen molar-refractivity contribution in [1.29, 1.82) is 0 Å². The summed E-state index contributed by atoms with van der Waals surface area (Å²) >= 11 is 0. The summed E-state index contributed by atoms with van der Waals surface area (Å²) in [5.41, 5.74) is 0. The van der Waals surface area contributed by atoms with Gasteiger partial charge in [0.1, 0.15) is 0 Å². The minimum atomic E-state index is 0.364. The monoisotopic (exact) mass is 282 g/mol. The zero-order valence-corrected chi connectivity index (χ0v) is 13.9. The number of rotatable bonds is 16. The molecule has 0 radical (unpaired) electrons. The maximum absolute atomic E-state index is 8.67. The van der Waals surface area contributed by atoms with Crippen LogP contribution in [0.1, 0.15) is 103 Å². The van der Waals surface area contributed by atoms with Gasteiger partial charge in [0.25, 0.3) is 0 Å². The molecule has 1 nitrogen and oxygen atoms in total. The quantitative estimate of drug-likeness (QED) is 0.256. The van der Waals surface area contributed by atoms with Crippen molar-refractivity contribution in [2.24, 2.45) is 0 Å². The normalized spacial score (nSPS) is 11.5. The molecule has 1 heteroatoms. The minimum Gasteiger partial charge on any atom is -0.396 e. The van der Waals surface area contributed by atoms with E-state index < -0.39 is 0 Å². The third-order valence-electron chi connectivity index (χ3n) is 3.92. The van der Waals surface area contributed by atoms with Crippen molar-refractivity contribution in [2.75, 3.05) is 6.61 Å². The van der Waals surface area contributed by atoms with E-state index in [0.29, 0.717) is 6.61 Å². The topological polar surface area (TPSA) is 20.2 Å². The standard InChI is InChI=1S/C19H38O/c1-2-3-4-5-6-7-8-9-10-11-12-13-14-15-16-17-18-19-20/h9-10,20H,2-8,11-19H2,1H3/b10-9-. The van der Waals surface area contributed by atoms with E-state index in [1.54, 1.807) is 0 Å². The summed E-state index contributed by atoms with van der Waals surface area (Å²) in [5.74, 6) is 0. The van der Waals surface area contributed by atoms with Gasteiger partial charge < -0.3 is 5.11 Å². The van der Waals surface area contributed by atoms with Gasteiger partial charge in [0.05, 0.1) is 0 Å². The van der Waals surface area contributed by atoms with Gasteiger partial charge in [-0.1, -0.05) is 83.3 Å². The molecule has 0 spiro atoms. The van der Waals surface area contributed by atoms with E-state index in [0.717, 1.165) is 6.42 Å². The van der Waals surface area contributed by atoms with E-state index in [2.05, 4.69) is 19.1 Å². The first-order valence-electron chi connectivity index (χ1n) is 9.17. The summed E-state index contributed by atoms with van der Waals surface area (Å²) in [5, 5.41) is 8.67. The van der Waals surface area contributed by atoms with Gasteiger partial charge in [0.2, 0.25) is 0 Å². The lowest BCUT2D eigenvalue weighted by molar-refractivity contribution is 0.282. The molecule has 0 unspecified atom stereocenters. The van der Waals surface area contributed by atoms with Crippen LogP contribution in [0.15, 0.2) is 12.2 Å². The average molecular weight is 283 g/mol. The van der Waals surface area contributed by atoms with Crippen LogP contribution < -0.4 is 0 Å². The summed E-state index contributed by atoms with van der Waals surface area (Å²) in [6.45, 7) is 2.64. The Bertz CT molecular complexity index is 186. The first-order chi connectivity index (χ1) is 9.91. The molecular formula is C19H38O. The second-order valence-corrected chi connectivity index (χ2v) is 6.02. The molecule has 0 atom stereocenters. The van der Waals surface area contributed by atoms with Gasteiger partial charge in [-0.15, -0.1) is 0 Å². The van der Waals surface area contributed by atoms with Crippen molar-refractivity contribution in [3.63, 3.8) is 0 Å². The Labute approximate surface area is 127 Å². The Morgan fingerprint density at radius 3 is 1.40 bits per heavy atom. The van der Waals surface area contributed by atoms with Gasteiger partial charge in [-0.05, 0) is 32.1 Å². The lowest BCUT2D eigenvalue weighted by atomic mass is 10.1. The molecule has 0 aliphatic carbocycles. The van der Waals surface area contributed by atoms with Gasteiger partial charge in [0, 0.05) is 6.61 Å². The predicted octanol–water partition coefficient (Wildman–Crippen LogP) is 6.41. The molecule has 0 saturated heterocycles. The fourth-order valence-electron chi connectivity index (χ4n) is 2.54. The highest BCUT2D eigenvalue weighted by atomic mass is 16.2. The molecule has 0 aliphatic heterocycles. The molecule has 0 aromatic rings. The van der Waals surface area contributed by atoms with Gasteiger partial charge in [0.15, 0.2) is 0 Å². The third-order valence-corrected chi connectivity index (χ3v) is 3.92. The highest BCUT2D eigenvalue weighted by Crippen LogP contribution is 2.10. The van der Waals surface area contributed by atoms with Gasteiger partial charge >= 0.3 is 0 Å². The lowest BCUT2D eigenvalue weighted by Crippen LogP contribution is -1.83. The van der Waals surface area contributed by atoms with E-state index in [4.69, 9.17) is 5.11 Å². The van der Waals surface area contributed by atoms with Crippen LogP contribution in [-0.4, -0.2) is 11.7 Å². The molecule has 0 aromatic heterocycles. The van der Waals surface area contributed by atoms with Crippen LogP contribution in [0, 0.1) is 0 Å². The molecule has 0 aliphatic rings. The SMILES string of the molecule is CCCCCCCC/C=C\CCCCCCCCCO. The number of hydrogen-bond acceptors (Lipinski definition) is 1. The van der Waals surface area contributed by atoms with E-state index in [-0.39, 0.29) is 0 Å². The molecule has 0 rings (SSSR count). The Balaban J connectivity index is 3.01. The Kier molecular flexibility index (Phi) is 18.4. The summed E-state index contributed by atoms with van der Waals surface area (Å²) in [4.78, 5) is 0. The fraction of sp³-hybridized carbons (Fsp3) is 0.895. The van der Waals surface area contributed by atoms with E-state index >= 15 is 0 Å². The molecule has 0 heterocycles. The number of hydrogen-bond donors (Lipinski definition) is 1. The van der Waals surface area contributed by atoms with Crippen LogP contribution in [0.4, 0.5) is 0 Å². The van der Waals surface area contributed by atoms with Crippen molar-refractivity contribution in [3.05, 3.63) is 12.2 Å². The van der Waals surface area contributed by atoms with E-state index in [1.165, 1.54) is 89.9 Å². The number of unbranched alkanes of at least 4 members (excludes halogenated alkanes) is 13. The van der Waals surface area contributed by atoms with Crippen LogP contribution in [-0.2, 0) is 0 Å². The molecular weight excluding hydrogens is 244 g/mol. The first-order valence-corrected chi connectivity index (χ1v) is 9.17. The maximum Gasteiger partial charge on any atom is 0.0431 e. The Morgan fingerprint density at radius 1 is 0.550 bits per heavy atom. The van der Waals surface area contributed by atoms with Gasteiger partial charge in [-0.2, -0.15) is 0 Å². The largest absolute Gasteiger partial charge is 0.396 e. The van der Waals surface area contributed by atoms with Crippen LogP contribution in [0.2, 0.25) is 0 Å². The fourth-order valence-corrected chi connectivity index (χ4v) is 2.54. The Morgan fingerprint density at radius 2 is 0.950 bits per heavy atom. The van der Waals surface area contributed by atoms with E-state index in [1.807, 2.05) is 0 Å². The zero-order chi connectivity index (χ0) is 14.7. The summed E-state index contributed by atoms with van der Waals surface area (Å²) < 4.78 is 0. The summed E-state index contributed by atoms with van der Waals surface area (Å²) in [6.07, 6.45) is 24.7. The molecule has 20 heavy (non-hydrogen) atoms. The second-order valence-electron chi connectivity index (χ2n) is 6.02. The van der Waals surface area contributed by atoms with Crippen molar-refractivity contribution < 1.29 is 5.11 Å². The second kappa shape index (κ2) is 18.7. The van der Waals surface area contributed by atoms with Crippen LogP contribution in [0.3, 0.4) is 0 Å². The Hall–Kier alpha value is -0.300. The molecule has 0 bridgehead atoms. The molecule has 0 saturated carbocycles. The van der Waals surface area contributed by atoms with Crippen molar-refractivity contribution in [3.8, 4) is 0 Å². The molecule has 0 fully saturated rings. The number of aliphatic hydroxyl groups is 1. The molecule has 0 aromatic carbocycles.